The van der Waals surface area contributed by atoms with E-state index in [1.54, 1.807) is 0 Å². The van der Waals surface area contributed by atoms with E-state index in [1.165, 1.54) is 13.8 Å². The Morgan fingerprint density at radius 2 is 1.27 bits per heavy atom. The predicted molar refractivity (Wildman–Crippen MR) is 46.8 cm³/mol. The van der Waals surface area contributed by atoms with Crippen molar-refractivity contribution in [1.82, 2.24) is 0 Å². The Hall–Kier alpha value is -1.18. The normalized spacial score (nSPS) is 18.9. The average molecular weight is 222 g/mol. The van der Waals surface area contributed by atoms with E-state index in [1.807, 2.05) is 0 Å². The Labute approximate surface area is 85.9 Å². The Kier molecular flexibility index (Phi) is 4.20. The molecule has 0 saturated carbocycles. The van der Waals surface area contributed by atoms with Gasteiger partial charge in [0.25, 0.3) is 11.6 Å². The summed E-state index contributed by atoms with van der Waals surface area (Å²) >= 11 is 0. The summed E-state index contributed by atoms with van der Waals surface area (Å²) in [7, 11) is 0. The van der Waals surface area contributed by atoms with Gasteiger partial charge in [-0.3, -0.25) is 4.74 Å². The molecule has 7 heteroatoms. The summed E-state index contributed by atoms with van der Waals surface area (Å²) in [6.45, 7) is 2.57. The van der Waals surface area contributed by atoms with E-state index < -0.39 is 36.4 Å². The average Bonchev–Trinajstić information content (AvgIpc) is 2.16. The largest absolute Gasteiger partial charge is 0.477 e. The molecule has 0 amide bonds. The highest BCUT2D eigenvalue weighted by Crippen LogP contribution is 2.23. The van der Waals surface area contributed by atoms with Crippen LogP contribution in [0.3, 0.4) is 0 Å². The minimum absolute atomic E-state index is 0.391. The Morgan fingerprint density at radius 1 is 1.00 bits per heavy atom. The van der Waals surface area contributed by atoms with Crippen molar-refractivity contribution < 1.29 is 34.8 Å². The molecule has 0 aromatic heterocycles. The number of ether oxygens (including phenoxy) is 1. The van der Waals surface area contributed by atoms with Crippen LogP contribution in [0.1, 0.15) is 26.7 Å². The van der Waals surface area contributed by atoms with Crippen LogP contribution in [0.15, 0.2) is 0 Å². The van der Waals surface area contributed by atoms with Gasteiger partial charge in [0.1, 0.15) is 0 Å². The van der Waals surface area contributed by atoms with E-state index >= 15 is 0 Å². The van der Waals surface area contributed by atoms with E-state index in [0.717, 1.165) is 0 Å². The molecule has 0 aliphatic rings. The molecule has 2 atom stereocenters. The SMILES string of the molecule is CCC(O)(OC(O)(CC)C(=O)O)C(=O)O. The Morgan fingerprint density at radius 3 is 1.40 bits per heavy atom. The summed E-state index contributed by atoms with van der Waals surface area (Å²) in [4.78, 5) is 21.2. The van der Waals surface area contributed by atoms with Crippen molar-refractivity contribution in [3.63, 3.8) is 0 Å². The van der Waals surface area contributed by atoms with Gasteiger partial charge < -0.3 is 20.4 Å². The second kappa shape index (κ2) is 4.56. The van der Waals surface area contributed by atoms with E-state index in [2.05, 4.69) is 4.74 Å². The third kappa shape index (κ3) is 2.88. The van der Waals surface area contributed by atoms with Crippen molar-refractivity contribution in [2.75, 3.05) is 0 Å². The fourth-order valence-electron chi connectivity index (χ4n) is 0.813. The smallest absolute Gasteiger partial charge is 0.364 e. The second-order valence-corrected chi connectivity index (χ2v) is 2.99. The van der Waals surface area contributed by atoms with Crippen molar-refractivity contribution in [3.8, 4) is 0 Å². The van der Waals surface area contributed by atoms with Gasteiger partial charge in [-0.1, -0.05) is 13.8 Å². The third-order valence-corrected chi connectivity index (χ3v) is 1.96. The van der Waals surface area contributed by atoms with Crippen LogP contribution >= 0.6 is 0 Å². The molecule has 88 valence electrons. The first-order chi connectivity index (χ1) is 6.72. The third-order valence-electron chi connectivity index (χ3n) is 1.96. The molecule has 0 spiro atoms. The molecule has 2 unspecified atom stereocenters. The monoisotopic (exact) mass is 222 g/mol. The molecule has 0 aliphatic heterocycles. The highest BCUT2D eigenvalue weighted by molar-refractivity contribution is 5.78. The molecule has 7 nitrogen and oxygen atoms in total. The quantitative estimate of drug-likeness (QED) is 0.441. The lowest BCUT2D eigenvalue weighted by atomic mass is 10.1. The van der Waals surface area contributed by atoms with Crippen LogP contribution in [0.4, 0.5) is 0 Å². The molecule has 0 heterocycles. The molecule has 0 rings (SSSR count). The first-order valence-corrected chi connectivity index (χ1v) is 4.33. The summed E-state index contributed by atoms with van der Waals surface area (Å²) in [5, 5.41) is 35.9. The number of carbonyl (C=O) groups is 2. The summed E-state index contributed by atoms with van der Waals surface area (Å²) < 4.78 is 4.36. The zero-order chi connectivity index (χ0) is 12.3. The number of hydrogen-bond acceptors (Lipinski definition) is 5. The minimum Gasteiger partial charge on any atom is -0.477 e. The zero-order valence-electron chi connectivity index (χ0n) is 8.43. The minimum atomic E-state index is -2.71. The molecular weight excluding hydrogens is 208 g/mol. The maximum Gasteiger partial charge on any atom is 0.364 e. The Balaban J connectivity index is 4.95. The fourth-order valence-corrected chi connectivity index (χ4v) is 0.813. The van der Waals surface area contributed by atoms with E-state index in [9.17, 15) is 19.8 Å². The highest BCUT2D eigenvalue weighted by atomic mass is 16.7. The van der Waals surface area contributed by atoms with Gasteiger partial charge in [-0.15, -0.1) is 0 Å². The van der Waals surface area contributed by atoms with Crippen molar-refractivity contribution in [2.45, 2.75) is 38.3 Å². The molecule has 0 aromatic rings. The van der Waals surface area contributed by atoms with Crippen LogP contribution in [-0.2, 0) is 14.3 Å². The standard InChI is InChI=1S/C8H14O7/c1-3-7(13,5(9)10)15-8(14,4-2)6(11)12/h13-14H,3-4H2,1-2H3,(H,9,10)(H,11,12). The molecule has 0 fully saturated rings. The van der Waals surface area contributed by atoms with Crippen LogP contribution in [0.25, 0.3) is 0 Å². The number of hydrogen-bond donors (Lipinski definition) is 4. The van der Waals surface area contributed by atoms with Crippen molar-refractivity contribution in [1.29, 1.82) is 0 Å². The van der Waals surface area contributed by atoms with E-state index in [0.29, 0.717) is 0 Å². The van der Waals surface area contributed by atoms with E-state index in [-0.39, 0.29) is 0 Å². The number of aliphatic hydroxyl groups is 2. The van der Waals surface area contributed by atoms with Gasteiger partial charge in [-0.2, -0.15) is 0 Å². The van der Waals surface area contributed by atoms with Crippen LogP contribution in [-0.4, -0.2) is 43.9 Å². The maximum absolute atomic E-state index is 10.6. The van der Waals surface area contributed by atoms with Crippen LogP contribution in [0, 0.1) is 0 Å². The molecule has 0 saturated heterocycles. The molecule has 15 heavy (non-hydrogen) atoms. The molecule has 0 aliphatic carbocycles. The van der Waals surface area contributed by atoms with Gasteiger partial charge in [-0.25, -0.2) is 9.59 Å². The molecule has 0 aromatic carbocycles. The first kappa shape index (κ1) is 13.8. The van der Waals surface area contributed by atoms with Gasteiger partial charge in [-0.05, 0) is 0 Å². The summed E-state index contributed by atoms with van der Waals surface area (Å²) in [6, 6.07) is 0. The van der Waals surface area contributed by atoms with Gasteiger partial charge in [0.05, 0.1) is 0 Å². The number of carboxylic acids is 2. The molecule has 0 radical (unpaired) electrons. The Bertz CT molecular complexity index is 238. The lowest BCUT2D eigenvalue weighted by Gasteiger charge is -2.30. The van der Waals surface area contributed by atoms with Crippen LogP contribution < -0.4 is 0 Å². The van der Waals surface area contributed by atoms with Gasteiger partial charge >= 0.3 is 11.9 Å². The van der Waals surface area contributed by atoms with Crippen molar-refractivity contribution in [3.05, 3.63) is 0 Å². The number of rotatable bonds is 6. The molecule has 4 N–H and O–H groups in total. The summed E-state index contributed by atoms with van der Waals surface area (Å²) in [6.07, 6.45) is -0.782. The lowest BCUT2D eigenvalue weighted by Crippen LogP contribution is -2.53. The predicted octanol–water partition coefficient (Wildman–Crippen LogP) is -0.631. The zero-order valence-corrected chi connectivity index (χ0v) is 8.43. The number of aliphatic carboxylic acids is 2. The lowest BCUT2D eigenvalue weighted by molar-refractivity contribution is -0.319. The van der Waals surface area contributed by atoms with Gasteiger partial charge in [0.2, 0.25) is 0 Å². The fraction of sp³-hybridized carbons (Fsp3) is 0.750. The summed E-state index contributed by atoms with van der Waals surface area (Å²) in [5.41, 5.74) is 0. The van der Waals surface area contributed by atoms with Gasteiger partial charge in [0.15, 0.2) is 0 Å². The van der Waals surface area contributed by atoms with E-state index in [4.69, 9.17) is 10.2 Å². The highest BCUT2D eigenvalue weighted by Gasteiger charge is 2.47. The topological polar surface area (TPSA) is 124 Å². The van der Waals surface area contributed by atoms with Crippen molar-refractivity contribution >= 4 is 11.9 Å². The molecule has 0 bridgehead atoms. The number of carboxylic acid groups (broad SMARTS) is 2. The van der Waals surface area contributed by atoms with Crippen molar-refractivity contribution in [2.24, 2.45) is 0 Å². The van der Waals surface area contributed by atoms with Crippen LogP contribution in [0.5, 0.6) is 0 Å². The van der Waals surface area contributed by atoms with Crippen LogP contribution in [0.2, 0.25) is 0 Å². The van der Waals surface area contributed by atoms with Gasteiger partial charge in [0, 0.05) is 12.8 Å². The molecular formula is C8H14O7. The second-order valence-electron chi connectivity index (χ2n) is 2.99. The maximum atomic E-state index is 10.6. The summed E-state index contributed by atoms with van der Waals surface area (Å²) in [5.74, 6) is -8.91. The first-order valence-electron chi connectivity index (χ1n) is 4.33.